The maximum Gasteiger partial charge on any atom is 0.250 e. The van der Waals surface area contributed by atoms with Gasteiger partial charge in [-0.05, 0) is 40.2 Å². The molecule has 1 aromatic carbocycles. The number of halogens is 1. The second-order valence-corrected chi connectivity index (χ2v) is 4.50. The van der Waals surface area contributed by atoms with Crippen LogP contribution in [0.15, 0.2) is 41.0 Å². The molecule has 2 aromatic rings. The molecule has 0 unspecified atom stereocenters. The molecule has 1 heterocycles. The number of primary amides is 1. The minimum absolute atomic E-state index is 0.334. The maximum absolute atomic E-state index is 10.9. The Morgan fingerprint density at radius 3 is 2.63 bits per heavy atom. The SMILES string of the molecule is COc1ccc(Oc2ccc(C(N)=O)cn2)c(Br)c1. The van der Waals surface area contributed by atoms with Gasteiger partial charge in [0.15, 0.2) is 0 Å². The lowest BCUT2D eigenvalue weighted by Gasteiger charge is -2.08. The molecule has 0 aliphatic carbocycles. The molecule has 2 N–H and O–H groups in total. The minimum atomic E-state index is -0.523. The molecule has 0 bridgehead atoms. The van der Waals surface area contributed by atoms with Gasteiger partial charge in [0.25, 0.3) is 0 Å². The number of pyridine rings is 1. The molecule has 0 fully saturated rings. The second kappa shape index (κ2) is 5.71. The van der Waals surface area contributed by atoms with Gasteiger partial charge in [0, 0.05) is 12.3 Å². The molecular weight excluding hydrogens is 312 g/mol. The van der Waals surface area contributed by atoms with E-state index in [2.05, 4.69) is 20.9 Å². The molecule has 0 aliphatic rings. The smallest absolute Gasteiger partial charge is 0.250 e. The van der Waals surface area contributed by atoms with E-state index in [0.29, 0.717) is 17.2 Å². The standard InChI is InChI=1S/C13H11BrN2O3/c1-18-9-3-4-11(10(14)6-9)19-12-5-2-8(7-16-12)13(15)17/h2-7H,1H3,(H2,15,17). The van der Waals surface area contributed by atoms with Crippen LogP contribution < -0.4 is 15.2 Å². The summed E-state index contributed by atoms with van der Waals surface area (Å²) in [5.74, 6) is 1.16. The molecule has 1 amide bonds. The summed E-state index contributed by atoms with van der Waals surface area (Å²) in [6.07, 6.45) is 1.37. The number of methoxy groups -OCH3 is 1. The largest absolute Gasteiger partial charge is 0.497 e. The molecule has 0 spiro atoms. The van der Waals surface area contributed by atoms with Crippen molar-refractivity contribution in [2.75, 3.05) is 7.11 Å². The van der Waals surface area contributed by atoms with Crippen molar-refractivity contribution in [3.05, 3.63) is 46.6 Å². The Balaban J connectivity index is 2.19. The van der Waals surface area contributed by atoms with E-state index in [9.17, 15) is 4.79 Å². The van der Waals surface area contributed by atoms with Crippen molar-refractivity contribution in [1.82, 2.24) is 4.98 Å². The summed E-state index contributed by atoms with van der Waals surface area (Å²) in [7, 11) is 1.59. The number of hydrogen-bond acceptors (Lipinski definition) is 4. The third kappa shape index (κ3) is 3.23. The molecule has 2 rings (SSSR count). The predicted molar refractivity (Wildman–Crippen MR) is 73.5 cm³/mol. The highest BCUT2D eigenvalue weighted by Crippen LogP contribution is 2.31. The third-order valence-corrected chi connectivity index (χ3v) is 2.99. The van der Waals surface area contributed by atoms with Crippen LogP contribution in [0.4, 0.5) is 0 Å². The zero-order valence-electron chi connectivity index (χ0n) is 10.1. The van der Waals surface area contributed by atoms with Gasteiger partial charge in [0.2, 0.25) is 11.8 Å². The van der Waals surface area contributed by atoms with Crippen molar-refractivity contribution < 1.29 is 14.3 Å². The van der Waals surface area contributed by atoms with E-state index in [1.54, 1.807) is 37.4 Å². The van der Waals surface area contributed by atoms with E-state index in [-0.39, 0.29) is 0 Å². The van der Waals surface area contributed by atoms with Crippen LogP contribution in [0.3, 0.4) is 0 Å². The van der Waals surface area contributed by atoms with Gasteiger partial charge in [-0.2, -0.15) is 0 Å². The lowest BCUT2D eigenvalue weighted by molar-refractivity contribution is 0.1000. The van der Waals surface area contributed by atoms with Gasteiger partial charge in [-0.1, -0.05) is 0 Å². The molecule has 5 nitrogen and oxygen atoms in total. The highest BCUT2D eigenvalue weighted by molar-refractivity contribution is 9.10. The van der Waals surface area contributed by atoms with Gasteiger partial charge < -0.3 is 15.2 Å². The number of hydrogen-bond donors (Lipinski definition) is 1. The van der Waals surface area contributed by atoms with Gasteiger partial charge >= 0.3 is 0 Å². The van der Waals surface area contributed by atoms with Crippen LogP contribution in [0.2, 0.25) is 0 Å². The van der Waals surface area contributed by atoms with Crippen molar-refractivity contribution in [1.29, 1.82) is 0 Å². The maximum atomic E-state index is 10.9. The average molecular weight is 323 g/mol. The Bertz CT molecular complexity index is 599. The van der Waals surface area contributed by atoms with Gasteiger partial charge in [-0.15, -0.1) is 0 Å². The fourth-order valence-electron chi connectivity index (χ4n) is 1.39. The van der Waals surface area contributed by atoms with E-state index in [1.807, 2.05) is 0 Å². The molecule has 0 saturated heterocycles. The van der Waals surface area contributed by atoms with Crippen LogP contribution in [0.5, 0.6) is 17.4 Å². The summed E-state index contributed by atoms with van der Waals surface area (Å²) in [5, 5.41) is 0. The molecule has 98 valence electrons. The lowest BCUT2D eigenvalue weighted by atomic mass is 10.3. The number of nitrogens with zero attached hydrogens (tertiary/aromatic N) is 1. The van der Waals surface area contributed by atoms with Gasteiger partial charge in [0.05, 0.1) is 17.1 Å². The first-order valence-electron chi connectivity index (χ1n) is 5.37. The van der Waals surface area contributed by atoms with E-state index in [1.165, 1.54) is 6.20 Å². The van der Waals surface area contributed by atoms with Crippen LogP contribution in [-0.4, -0.2) is 18.0 Å². The zero-order chi connectivity index (χ0) is 13.8. The molecule has 0 saturated carbocycles. The normalized spacial score (nSPS) is 10.0. The number of nitrogens with two attached hydrogens (primary N) is 1. The Hall–Kier alpha value is -2.08. The van der Waals surface area contributed by atoms with Crippen LogP contribution in [0.25, 0.3) is 0 Å². The summed E-state index contributed by atoms with van der Waals surface area (Å²) in [6.45, 7) is 0. The Morgan fingerprint density at radius 2 is 2.11 bits per heavy atom. The van der Waals surface area contributed by atoms with Crippen LogP contribution in [0.1, 0.15) is 10.4 Å². The van der Waals surface area contributed by atoms with Crippen molar-refractivity contribution in [2.24, 2.45) is 5.73 Å². The van der Waals surface area contributed by atoms with Gasteiger partial charge in [0.1, 0.15) is 11.5 Å². The van der Waals surface area contributed by atoms with Crippen molar-refractivity contribution >= 4 is 21.8 Å². The van der Waals surface area contributed by atoms with Crippen LogP contribution in [-0.2, 0) is 0 Å². The molecule has 19 heavy (non-hydrogen) atoms. The van der Waals surface area contributed by atoms with Crippen LogP contribution in [0, 0.1) is 0 Å². The van der Waals surface area contributed by atoms with Gasteiger partial charge in [-0.25, -0.2) is 4.98 Å². The second-order valence-electron chi connectivity index (χ2n) is 3.65. The summed E-state index contributed by atoms with van der Waals surface area (Å²) in [5.41, 5.74) is 5.47. The quantitative estimate of drug-likeness (QED) is 0.939. The van der Waals surface area contributed by atoms with Crippen LogP contribution >= 0.6 is 15.9 Å². The fraction of sp³-hybridized carbons (Fsp3) is 0.0769. The monoisotopic (exact) mass is 322 g/mol. The molecule has 0 aliphatic heterocycles. The summed E-state index contributed by atoms with van der Waals surface area (Å²) in [4.78, 5) is 14.9. The zero-order valence-corrected chi connectivity index (χ0v) is 11.7. The minimum Gasteiger partial charge on any atom is -0.497 e. The highest BCUT2D eigenvalue weighted by atomic mass is 79.9. The number of benzene rings is 1. The van der Waals surface area contributed by atoms with Gasteiger partial charge in [-0.3, -0.25) is 4.79 Å². The Labute approximate surface area is 118 Å². The first-order chi connectivity index (χ1) is 9.10. The number of ether oxygens (including phenoxy) is 2. The van der Waals surface area contributed by atoms with E-state index < -0.39 is 5.91 Å². The summed E-state index contributed by atoms with van der Waals surface area (Å²) < 4.78 is 11.4. The molecule has 1 aromatic heterocycles. The number of aromatic nitrogens is 1. The number of rotatable bonds is 4. The first-order valence-corrected chi connectivity index (χ1v) is 6.16. The topological polar surface area (TPSA) is 74.4 Å². The highest BCUT2D eigenvalue weighted by Gasteiger charge is 2.06. The number of carbonyl (C=O) groups is 1. The molecule has 0 radical (unpaired) electrons. The van der Waals surface area contributed by atoms with Crippen molar-refractivity contribution in [3.63, 3.8) is 0 Å². The molecule has 0 atom stereocenters. The number of carbonyl (C=O) groups excluding carboxylic acids is 1. The van der Waals surface area contributed by atoms with E-state index in [4.69, 9.17) is 15.2 Å². The van der Waals surface area contributed by atoms with E-state index in [0.717, 1.165) is 10.2 Å². The molecule has 6 heteroatoms. The predicted octanol–water partition coefficient (Wildman–Crippen LogP) is 2.74. The average Bonchev–Trinajstić information content (AvgIpc) is 2.41. The van der Waals surface area contributed by atoms with Crippen molar-refractivity contribution in [2.45, 2.75) is 0 Å². The third-order valence-electron chi connectivity index (χ3n) is 2.37. The Morgan fingerprint density at radius 1 is 1.32 bits per heavy atom. The summed E-state index contributed by atoms with van der Waals surface area (Å²) >= 11 is 3.38. The molecular formula is C13H11BrN2O3. The Kier molecular flexibility index (Phi) is 4.01. The lowest BCUT2D eigenvalue weighted by Crippen LogP contribution is -2.10. The summed E-state index contributed by atoms with van der Waals surface area (Å²) in [6, 6.07) is 8.45. The fourth-order valence-corrected chi connectivity index (χ4v) is 1.83. The van der Waals surface area contributed by atoms with Crippen molar-refractivity contribution in [3.8, 4) is 17.4 Å². The number of amides is 1. The van der Waals surface area contributed by atoms with E-state index >= 15 is 0 Å². The first kappa shape index (κ1) is 13.4.